The third kappa shape index (κ3) is 4.31. The van der Waals surface area contributed by atoms with Crippen LogP contribution in [-0.2, 0) is 4.79 Å². The topological polar surface area (TPSA) is 35.6 Å². The van der Waals surface area contributed by atoms with Gasteiger partial charge in [-0.25, -0.2) is 0 Å². The quantitative estimate of drug-likeness (QED) is 0.876. The maximum Gasteiger partial charge on any atom is 0.239 e. The Morgan fingerprint density at radius 1 is 1.17 bits per heavy atom. The van der Waals surface area contributed by atoms with Crippen molar-refractivity contribution in [3.05, 3.63) is 28.2 Å². The molecule has 1 heterocycles. The SMILES string of the molecule is CCCNC(=O)C(C)(C)N1CCN(c2ccc(Cl)c(Cl)c2)CC1. The number of amides is 1. The number of carbonyl (C=O) groups is 1. The lowest BCUT2D eigenvalue weighted by molar-refractivity contribution is -0.131. The van der Waals surface area contributed by atoms with E-state index in [4.69, 9.17) is 23.2 Å². The van der Waals surface area contributed by atoms with Crippen molar-refractivity contribution in [1.29, 1.82) is 0 Å². The molecular formula is C17H25Cl2N3O. The first kappa shape index (κ1) is 18.4. The highest BCUT2D eigenvalue weighted by Gasteiger charge is 2.36. The van der Waals surface area contributed by atoms with Crippen LogP contribution in [-0.4, -0.2) is 49.1 Å². The molecule has 4 nitrogen and oxygen atoms in total. The number of rotatable bonds is 5. The minimum absolute atomic E-state index is 0.0994. The molecule has 0 aromatic heterocycles. The van der Waals surface area contributed by atoms with Crippen LogP contribution in [0.5, 0.6) is 0 Å². The van der Waals surface area contributed by atoms with Gasteiger partial charge in [0.05, 0.1) is 15.6 Å². The summed E-state index contributed by atoms with van der Waals surface area (Å²) in [6.45, 7) is 10.2. The number of hydrogen-bond acceptors (Lipinski definition) is 3. The van der Waals surface area contributed by atoms with Gasteiger partial charge in [-0.3, -0.25) is 9.69 Å². The van der Waals surface area contributed by atoms with Crippen molar-refractivity contribution in [3.8, 4) is 0 Å². The zero-order chi connectivity index (χ0) is 17.0. The van der Waals surface area contributed by atoms with Crippen LogP contribution in [0.3, 0.4) is 0 Å². The Morgan fingerprint density at radius 3 is 2.39 bits per heavy atom. The van der Waals surface area contributed by atoms with Crippen LogP contribution in [0, 0.1) is 0 Å². The summed E-state index contributed by atoms with van der Waals surface area (Å²) in [5.41, 5.74) is 0.589. The van der Waals surface area contributed by atoms with Crippen LogP contribution in [0.1, 0.15) is 27.2 Å². The minimum Gasteiger partial charge on any atom is -0.369 e. The number of nitrogens with one attached hydrogen (secondary N) is 1. The van der Waals surface area contributed by atoms with Crippen LogP contribution in [0.2, 0.25) is 10.0 Å². The van der Waals surface area contributed by atoms with Crippen molar-refractivity contribution in [3.63, 3.8) is 0 Å². The Morgan fingerprint density at radius 2 is 1.83 bits per heavy atom. The highest BCUT2D eigenvalue weighted by molar-refractivity contribution is 6.42. The summed E-state index contributed by atoms with van der Waals surface area (Å²) >= 11 is 12.1. The first-order chi connectivity index (χ1) is 10.9. The second-order valence-corrected chi connectivity index (χ2v) is 7.20. The summed E-state index contributed by atoms with van der Waals surface area (Å²) in [7, 11) is 0. The summed E-state index contributed by atoms with van der Waals surface area (Å²) in [4.78, 5) is 16.9. The average Bonchev–Trinajstić information content (AvgIpc) is 2.55. The molecule has 1 N–H and O–H groups in total. The van der Waals surface area contributed by atoms with Gasteiger partial charge in [-0.15, -0.1) is 0 Å². The molecule has 1 amide bonds. The van der Waals surface area contributed by atoms with Gasteiger partial charge >= 0.3 is 0 Å². The lowest BCUT2D eigenvalue weighted by Crippen LogP contribution is -2.60. The minimum atomic E-state index is -0.487. The Labute approximate surface area is 148 Å². The van der Waals surface area contributed by atoms with E-state index in [1.165, 1.54) is 0 Å². The fraction of sp³-hybridized carbons (Fsp3) is 0.588. The van der Waals surface area contributed by atoms with Crippen molar-refractivity contribution in [2.75, 3.05) is 37.6 Å². The van der Waals surface area contributed by atoms with E-state index in [1.807, 2.05) is 32.0 Å². The maximum atomic E-state index is 12.4. The first-order valence-corrected chi connectivity index (χ1v) is 8.85. The van der Waals surface area contributed by atoms with Crippen molar-refractivity contribution < 1.29 is 4.79 Å². The fourth-order valence-electron chi connectivity index (χ4n) is 2.80. The largest absolute Gasteiger partial charge is 0.369 e. The third-order valence-electron chi connectivity index (χ3n) is 4.43. The van der Waals surface area contributed by atoms with Gasteiger partial charge < -0.3 is 10.2 Å². The smallest absolute Gasteiger partial charge is 0.239 e. The lowest BCUT2D eigenvalue weighted by atomic mass is 10.00. The molecule has 0 atom stereocenters. The van der Waals surface area contributed by atoms with Crippen LogP contribution < -0.4 is 10.2 Å². The molecular weight excluding hydrogens is 333 g/mol. The standard InChI is InChI=1S/C17H25Cl2N3O/c1-4-7-20-16(23)17(2,3)22-10-8-21(9-11-22)13-5-6-14(18)15(19)12-13/h5-6,12H,4,7-11H2,1-3H3,(H,20,23). The molecule has 2 rings (SSSR count). The number of benzene rings is 1. The molecule has 23 heavy (non-hydrogen) atoms. The molecule has 1 saturated heterocycles. The lowest BCUT2D eigenvalue weighted by Gasteiger charge is -2.43. The van der Waals surface area contributed by atoms with Gasteiger partial charge in [0.15, 0.2) is 0 Å². The molecule has 0 bridgehead atoms. The predicted octanol–water partition coefficient (Wildman–Crippen LogP) is 3.42. The molecule has 0 aliphatic carbocycles. The molecule has 1 aliphatic rings. The highest BCUT2D eigenvalue weighted by Crippen LogP contribution is 2.28. The zero-order valence-corrected chi connectivity index (χ0v) is 15.5. The van der Waals surface area contributed by atoms with E-state index in [9.17, 15) is 4.79 Å². The number of hydrogen-bond donors (Lipinski definition) is 1. The Bertz CT molecular complexity index is 555. The van der Waals surface area contributed by atoms with E-state index in [0.29, 0.717) is 10.0 Å². The number of nitrogens with zero attached hydrogens (tertiary/aromatic N) is 2. The van der Waals surface area contributed by atoms with E-state index in [1.54, 1.807) is 0 Å². The van der Waals surface area contributed by atoms with E-state index in [0.717, 1.165) is 44.8 Å². The van der Waals surface area contributed by atoms with Gasteiger partial charge in [0.1, 0.15) is 0 Å². The van der Waals surface area contributed by atoms with Gasteiger partial charge in [-0.05, 0) is 38.5 Å². The van der Waals surface area contributed by atoms with E-state index < -0.39 is 5.54 Å². The van der Waals surface area contributed by atoms with Crippen LogP contribution >= 0.6 is 23.2 Å². The van der Waals surface area contributed by atoms with Gasteiger partial charge in [0, 0.05) is 38.4 Å². The van der Waals surface area contributed by atoms with Crippen molar-refractivity contribution in [2.45, 2.75) is 32.7 Å². The molecule has 0 saturated carbocycles. The number of halogens is 2. The normalized spacial score (nSPS) is 16.5. The molecule has 1 aliphatic heterocycles. The molecule has 128 valence electrons. The van der Waals surface area contributed by atoms with Crippen molar-refractivity contribution in [1.82, 2.24) is 10.2 Å². The van der Waals surface area contributed by atoms with Gasteiger partial charge in [-0.1, -0.05) is 30.1 Å². The summed E-state index contributed by atoms with van der Waals surface area (Å²) in [6, 6.07) is 5.72. The van der Waals surface area contributed by atoms with E-state index >= 15 is 0 Å². The summed E-state index contributed by atoms with van der Waals surface area (Å²) in [5, 5.41) is 4.15. The molecule has 6 heteroatoms. The van der Waals surface area contributed by atoms with Crippen LogP contribution in [0.15, 0.2) is 18.2 Å². The zero-order valence-electron chi connectivity index (χ0n) is 14.0. The molecule has 1 fully saturated rings. The summed E-state index contributed by atoms with van der Waals surface area (Å²) < 4.78 is 0. The van der Waals surface area contributed by atoms with Crippen LogP contribution in [0.4, 0.5) is 5.69 Å². The molecule has 1 aromatic rings. The predicted molar refractivity (Wildman–Crippen MR) is 97.6 cm³/mol. The Balaban J connectivity index is 1.97. The van der Waals surface area contributed by atoms with Gasteiger partial charge in [0.25, 0.3) is 0 Å². The van der Waals surface area contributed by atoms with E-state index in [2.05, 4.69) is 22.0 Å². The monoisotopic (exact) mass is 357 g/mol. The number of carbonyl (C=O) groups excluding carboxylic acids is 1. The summed E-state index contributed by atoms with van der Waals surface area (Å²) in [6.07, 6.45) is 0.951. The molecule has 0 radical (unpaired) electrons. The van der Waals surface area contributed by atoms with Gasteiger partial charge in [-0.2, -0.15) is 0 Å². The number of anilines is 1. The average molecular weight is 358 g/mol. The third-order valence-corrected chi connectivity index (χ3v) is 5.17. The molecule has 0 spiro atoms. The second-order valence-electron chi connectivity index (χ2n) is 6.39. The fourth-order valence-corrected chi connectivity index (χ4v) is 3.10. The Kier molecular flexibility index (Phi) is 6.18. The molecule has 0 unspecified atom stereocenters. The summed E-state index contributed by atoms with van der Waals surface area (Å²) in [5.74, 6) is 0.0994. The van der Waals surface area contributed by atoms with Crippen LogP contribution in [0.25, 0.3) is 0 Å². The Hall–Kier alpha value is -0.970. The maximum absolute atomic E-state index is 12.4. The highest BCUT2D eigenvalue weighted by atomic mass is 35.5. The first-order valence-electron chi connectivity index (χ1n) is 8.09. The van der Waals surface area contributed by atoms with E-state index in [-0.39, 0.29) is 5.91 Å². The molecule has 1 aromatic carbocycles. The van der Waals surface area contributed by atoms with Gasteiger partial charge in [0.2, 0.25) is 5.91 Å². The van der Waals surface area contributed by atoms with Crippen molar-refractivity contribution >= 4 is 34.8 Å². The van der Waals surface area contributed by atoms with Crippen molar-refractivity contribution in [2.24, 2.45) is 0 Å². The number of piperazine rings is 1. The second kappa shape index (κ2) is 7.73.